The lowest BCUT2D eigenvalue weighted by atomic mass is 9.98. The highest BCUT2D eigenvalue weighted by molar-refractivity contribution is 7.75. The van der Waals surface area contributed by atoms with Gasteiger partial charge in [0.15, 0.2) is 0 Å². The van der Waals surface area contributed by atoms with Crippen LogP contribution in [0.25, 0.3) is 0 Å². The zero-order valence-electron chi connectivity index (χ0n) is 15.5. The van der Waals surface area contributed by atoms with Crippen molar-refractivity contribution in [3.63, 3.8) is 0 Å². The molecule has 0 radical (unpaired) electrons. The number of ether oxygens (including phenoxy) is 1. The van der Waals surface area contributed by atoms with Crippen LogP contribution in [-0.4, -0.2) is 26.1 Å². The van der Waals surface area contributed by atoms with Gasteiger partial charge in [0.25, 0.3) is 0 Å². The van der Waals surface area contributed by atoms with E-state index >= 15 is 0 Å². The molecule has 0 bridgehead atoms. The second-order valence-electron chi connectivity index (χ2n) is 7.56. The summed E-state index contributed by atoms with van der Waals surface area (Å²) in [7, 11) is -2.33. The molecule has 0 saturated carbocycles. The molecule has 0 saturated heterocycles. The van der Waals surface area contributed by atoms with Gasteiger partial charge in [-0.1, -0.05) is 0 Å². The number of carbonyl (C=O) groups excluding carboxylic acids is 1. The van der Waals surface area contributed by atoms with Crippen molar-refractivity contribution in [2.24, 2.45) is 4.36 Å². The van der Waals surface area contributed by atoms with E-state index in [0.717, 1.165) is 47.9 Å². The number of amides is 2. The van der Waals surface area contributed by atoms with E-state index in [1.807, 2.05) is 6.92 Å². The number of thiol groups is 1. The maximum absolute atomic E-state index is 14.7. The van der Waals surface area contributed by atoms with Crippen molar-refractivity contribution >= 4 is 22.3 Å². The van der Waals surface area contributed by atoms with Crippen LogP contribution >= 0.6 is 0 Å². The molecular weight excluding hydrogens is 383 g/mol. The molecule has 2 aromatic rings. The summed E-state index contributed by atoms with van der Waals surface area (Å²) in [5.41, 5.74) is 3.87. The Hall–Kier alpha value is -2.42. The van der Waals surface area contributed by atoms with Gasteiger partial charge in [-0.05, 0) is 67.7 Å². The first kappa shape index (κ1) is 17.7. The summed E-state index contributed by atoms with van der Waals surface area (Å²) in [4.78, 5) is 12.9. The first-order valence-corrected chi connectivity index (χ1v) is 10.8. The smallest absolute Gasteiger partial charge is 0.353 e. The molecular formula is C19H21FN4O3S. The summed E-state index contributed by atoms with van der Waals surface area (Å²) in [6, 6.07) is -0.679. The zero-order chi connectivity index (χ0) is 19.4. The van der Waals surface area contributed by atoms with Crippen molar-refractivity contribution in [3.05, 3.63) is 34.3 Å². The second-order valence-corrected chi connectivity index (χ2v) is 8.79. The molecule has 1 N–H and O–H groups in total. The monoisotopic (exact) mass is 404 g/mol. The summed E-state index contributed by atoms with van der Waals surface area (Å²) < 4.78 is 38.4. The molecule has 7 nitrogen and oxygen atoms in total. The van der Waals surface area contributed by atoms with Gasteiger partial charge < -0.3 is 10.1 Å². The van der Waals surface area contributed by atoms with E-state index in [1.54, 1.807) is 4.68 Å². The molecule has 1 aromatic carbocycles. The van der Waals surface area contributed by atoms with Gasteiger partial charge in [-0.2, -0.15) is 5.10 Å². The largest absolute Gasteiger partial charge is 0.472 e. The number of rotatable bonds is 2. The third kappa shape index (κ3) is 2.71. The first-order chi connectivity index (χ1) is 13.5. The lowest BCUT2D eigenvalue weighted by molar-refractivity contribution is 0.248. The Bertz CT molecular complexity index is 1050. The Morgan fingerprint density at radius 2 is 1.89 bits per heavy atom. The van der Waals surface area contributed by atoms with Crippen molar-refractivity contribution in [1.82, 2.24) is 9.78 Å². The summed E-state index contributed by atoms with van der Waals surface area (Å²) >= 11 is 0. The van der Waals surface area contributed by atoms with Crippen LogP contribution in [0, 0.1) is 5.82 Å². The number of carbonyl (C=O) groups is 1. The molecule has 5 rings (SSSR count). The third-order valence-corrected chi connectivity index (χ3v) is 6.79. The molecule has 9 heteroatoms. The molecule has 1 unspecified atom stereocenters. The van der Waals surface area contributed by atoms with E-state index in [2.05, 4.69) is 14.8 Å². The Morgan fingerprint density at radius 1 is 1.25 bits per heavy atom. The Kier molecular flexibility index (Phi) is 4.15. The van der Waals surface area contributed by atoms with Gasteiger partial charge in [-0.3, -0.25) is 0 Å². The van der Waals surface area contributed by atoms with Gasteiger partial charge in [0.05, 0.1) is 23.3 Å². The zero-order valence-corrected chi connectivity index (χ0v) is 16.4. The highest BCUT2D eigenvalue weighted by Crippen LogP contribution is 2.41. The molecule has 148 valence electrons. The topological polar surface area (TPSA) is 85.6 Å². The van der Waals surface area contributed by atoms with E-state index in [4.69, 9.17) is 4.74 Å². The average Bonchev–Trinajstić information content (AvgIpc) is 3.40. The van der Waals surface area contributed by atoms with Crippen LogP contribution in [-0.2, 0) is 42.8 Å². The van der Waals surface area contributed by atoms with E-state index in [1.165, 1.54) is 6.20 Å². The van der Waals surface area contributed by atoms with Crippen molar-refractivity contribution in [1.29, 1.82) is 0 Å². The van der Waals surface area contributed by atoms with Crippen LogP contribution in [0.1, 0.15) is 42.0 Å². The van der Waals surface area contributed by atoms with E-state index in [9.17, 15) is 13.4 Å². The van der Waals surface area contributed by atoms with Crippen LogP contribution < -0.4 is 10.1 Å². The van der Waals surface area contributed by atoms with Crippen LogP contribution in [0.3, 0.4) is 0 Å². The van der Waals surface area contributed by atoms with Crippen molar-refractivity contribution < 1.29 is 18.1 Å². The quantitative estimate of drug-likeness (QED) is 0.754. The van der Waals surface area contributed by atoms with Crippen LogP contribution in [0.2, 0.25) is 0 Å². The number of benzene rings is 1. The fraction of sp³-hybridized carbons (Fsp3) is 0.474. The molecule has 28 heavy (non-hydrogen) atoms. The average molecular weight is 404 g/mol. The fourth-order valence-electron chi connectivity index (χ4n) is 4.53. The third-order valence-electron chi connectivity index (χ3n) is 5.70. The Morgan fingerprint density at radius 3 is 2.57 bits per heavy atom. The predicted octanol–water partition coefficient (Wildman–Crippen LogP) is 3.04. The summed E-state index contributed by atoms with van der Waals surface area (Å²) in [6.07, 6.45) is 6.01. The van der Waals surface area contributed by atoms with Gasteiger partial charge >= 0.3 is 6.03 Å². The van der Waals surface area contributed by atoms with E-state index in [-0.39, 0.29) is 11.9 Å². The Balaban J connectivity index is 1.46. The minimum atomic E-state index is -2.33. The van der Waals surface area contributed by atoms with Crippen molar-refractivity contribution in [2.75, 3.05) is 5.32 Å². The predicted molar refractivity (Wildman–Crippen MR) is 102 cm³/mol. The van der Waals surface area contributed by atoms with Crippen molar-refractivity contribution in [3.8, 4) is 5.88 Å². The van der Waals surface area contributed by atoms with Gasteiger partial charge in [-0.25, -0.2) is 18.1 Å². The number of aromatic nitrogens is 2. The molecule has 0 fully saturated rings. The molecule has 3 aliphatic rings. The number of anilines is 1. The summed E-state index contributed by atoms with van der Waals surface area (Å²) in [5, 5.41) is 6.95. The lowest BCUT2D eigenvalue weighted by Gasteiger charge is -2.16. The minimum Gasteiger partial charge on any atom is -0.472 e. The number of fused-ring (bicyclic) bond motifs is 3. The standard InChI is InChI=1S/C19H21FN4O3S/c1-10-9-24-18(27-10)15(8-21-24)28(26)23-19(25)22-17-13-6-2-4-11(13)16(20)12-5-3-7-14(12)17/h8,10,28H,2-7,9H2,1H3,(H,22,25)/t10-/m1/s1. The Labute approximate surface area is 163 Å². The molecule has 2 atom stereocenters. The minimum absolute atomic E-state index is 0.0518. The highest BCUT2D eigenvalue weighted by Gasteiger charge is 2.30. The molecule has 2 heterocycles. The molecule has 1 aromatic heterocycles. The number of hydrogen-bond acceptors (Lipinski definition) is 4. The number of nitrogens with one attached hydrogen (secondary N) is 1. The van der Waals surface area contributed by atoms with Crippen LogP contribution in [0.5, 0.6) is 5.88 Å². The number of nitrogens with zero attached hydrogens (tertiary/aromatic N) is 3. The lowest BCUT2D eigenvalue weighted by Crippen LogP contribution is -2.13. The number of hydrogen-bond donors (Lipinski definition) is 2. The summed E-state index contributed by atoms with van der Waals surface area (Å²) in [6.45, 7) is 2.48. The van der Waals surface area contributed by atoms with Gasteiger partial charge in [0.2, 0.25) is 5.88 Å². The normalized spacial score (nSPS) is 20.6. The highest BCUT2D eigenvalue weighted by atomic mass is 32.2. The number of urea groups is 1. The maximum atomic E-state index is 14.7. The molecule has 2 aliphatic carbocycles. The SMILES string of the molecule is C[C@@H]1Cn2ncc(/[SH](=O)=N/C(=O)Nc3c4c(c(F)c5c3CCC5)CCC4)c2O1. The first-order valence-electron chi connectivity index (χ1n) is 9.60. The van der Waals surface area contributed by atoms with Gasteiger partial charge in [0.1, 0.15) is 16.8 Å². The number of halogens is 1. The van der Waals surface area contributed by atoms with E-state index in [0.29, 0.717) is 35.8 Å². The fourth-order valence-corrected chi connectivity index (χ4v) is 5.33. The van der Waals surface area contributed by atoms with Gasteiger partial charge in [0, 0.05) is 5.69 Å². The van der Waals surface area contributed by atoms with Crippen molar-refractivity contribution in [2.45, 2.75) is 63.0 Å². The molecule has 2 amide bonds. The second kappa shape index (κ2) is 6.58. The van der Waals surface area contributed by atoms with E-state index < -0.39 is 16.6 Å². The van der Waals surface area contributed by atoms with Crippen LogP contribution in [0.15, 0.2) is 15.5 Å². The maximum Gasteiger partial charge on any atom is 0.353 e. The molecule has 0 spiro atoms. The summed E-state index contributed by atoms with van der Waals surface area (Å²) in [5.74, 6) is 0.316. The van der Waals surface area contributed by atoms with Crippen LogP contribution in [0.4, 0.5) is 14.9 Å². The molecule has 1 aliphatic heterocycles. The van der Waals surface area contributed by atoms with Gasteiger partial charge in [-0.15, -0.1) is 4.36 Å².